The number of rotatable bonds is 0. The van der Waals surface area contributed by atoms with Crippen molar-refractivity contribution in [2.24, 2.45) is 0 Å². The molecule has 0 aromatic carbocycles. The van der Waals surface area contributed by atoms with Crippen LogP contribution < -0.4 is 0 Å². The number of hydrogen-bond acceptors (Lipinski definition) is 4. The van der Waals surface area contributed by atoms with Crippen LogP contribution in [-0.4, -0.2) is 4.98 Å². The van der Waals surface area contributed by atoms with Crippen LogP contribution >= 0.6 is 23.6 Å². The van der Waals surface area contributed by atoms with Gasteiger partial charge in [-0.1, -0.05) is 12.2 Å². The Hall–Kier alpha value is -0.740. The Kier molecular flexibility index (Phi) is 1.28. The quantitative estimate of drug-likeness (QED) is 0.567. The van der Waals surface area contributed by atoms with Crippen molar-refractivity contribution in [2.75, 3.05) is 0 Å². The molecule has 2 rings (SSSR count). The SMILES string of the molecule is S=c1ncoc2ccsc12. The predicted molar refractivity (Wildman–Crippen MR) is 42.7 cm³/mol. The lowest BCUT2D eigenvalue weighted by Crippen LogP contribution is -1.69. The van der Waals surface area contributed by atoms with Gasteiger partial charge in [0.15, 0.2) is 11.0 Å². The molecule has 0 aliphatic rings. The van der Waals surface area contributed by atoms with Crippen LogP contribution in [0.3, 0.4) is 0 Å². The Balaban J connectivity index is 3.09. The Morgan fingerprint density at radius 3 is 3.30 bits per heavy atom. The topological polar surface area (TPSA) is 26.0 Å². The molecule has 0 bridgehead atoms. The minimum absolute atomic E-state index is 0.622. The van der Waals surface area contributed by atoms with E-state index in [0.717, 1.165) is 10.3 Å². The van der Waals surface area contributed by atoms with Crippen molar-refractivity contribution in [3.8, 4) is 0 Å². The molecule has 2 heterocycles. The number of thiophene rings is 1. The second-order valence-electron chi connectivity index (χ2n) is 1.77. The molecule has 0 aliphatic heterocycles. The lowest BCUT2D eigenvalue weighted by atomic mass is 10.5. The maximum absolute atomic E-state index is 5.07. The highest BCUT2D eigenvalue weighted by atomic mass is 32.1. The van der Waals surface area contributed by atoms with Gasteiger partial charge in [0.05, 0.1) is 0 Å². The summed E-state index contributed by atoms with van der Waals surface area (Å²) in [4.78, 5) is 3.84. The van der Waals surface area contributed by atoms with Crippen molar-refractivity contribution in [3.63, 3.8) is 0 Å². The minimum Gasteiger partial charge on any atom is -0.444 e. The molecule has 0 spiro atoms. The number of fused-ring (bicyclic) bond motifs is 1. The van der Waals surface area contributed by atoms with E-state index >= 15 is 0 Å². The smallest absolute Gasteiger partial charge is 0.182 e. The molecule has 10 heavy (non-hydrogen) atoms. The van der Waals surface area contributed by atoms with Gasteiger partial charge in [0.2, 0.25) is 0 Å². The zero-order valence-corrected chi connectivity index (χ0v) is 6.54. The van der Waals surface area contributed by atoms with Crippen molar-refractivity contribution in [3.05, 3.63) is 22.5 Å². The first kappa shape index (κ1) is 6.00. The van der Waals surface area contributed by atoms with Crippen molar-refractivity contribution in [2.45, 2.75) is 0 Å². The molecule has 0 saturated heterocycles. The molecule has 0 N–H and O–H groups in total. The summed E-state index contributed by atoms with van der Waals surface area (Å²) in [5.41, 5.74) is 0.824. The van der Waals surface area contributed by atoms with Gasteiger partial charge < -0.3 is 4.42 Å². The van der Waals surface area contributed by atoms with Gasteiger partial charge in [0.1, 0.15) is 10.3 Å². The molecule has 0 saturated carbocycles. The van der Waals surface area contributed by atoms with E-state index < -0.39 is 0 Å². The highest BCUT2D eigenvalue weighted by Gasteiger charge is 1.96. The van der Waals surface area contributed by atoms with Crippen LogP contribution in [0.5, 0.6) is 0 Å². The molecule has 0 fully saturated rings. The third-order valence-electron chi connectivity index (χ3n) is 1.17. The fraction of sp³-hybridized carbons (Fsp3) is 0. The average Bonchev–Trinajstić information content (AvgIpc) is 2.36. The zero-order chi connectivity index (χ0) is 6.97. The summed E-state index contributed by atoms with van der Waals surface area (Å²) in [5, 5.41) is 1.94. The summed E-state index contributed by atoms with van der Waals surface area (Å²) in [6.45, 7) is 0. The highest BCUT2D eigenvalue weighted by Crippen LogP contribution is 2.19. The van der Waals surface area contributed by atoms with E-state index in [1.165, 1.54) is 6.39 Å². The van der Waals surface area contributed by atoms with Crippen molar-refractivity contribution in [1.82, 2.24) is 4.98 Å². The van der Waals surface area contributed by atoms with Crippen molar-refractivity contribution < 1.29 is 4.42 Å². The van der Waals surface area contributed by atoms with Gasteiger partial charge in [-0.15, -0.1) is 11.3 Å². The maximum Gasteiger partial charge on any atom is 0.182 e. The largest absolute Gasteiger partial charge is 0.444 e. The lowest BCUT2D eigenvalue weighted by molar-refractivity contribution is 0.580. The van der Waals surface area contributed by atoms with Gasteiger partial charge in [0, 0.05) is 0 Å². The van der Waals surface area contributed by atoms with E-state index in [0.29, 0.717) is 4.64 Å². The number of hydrogen-bond donors (Lipinski definition) is 0. The first-order valence-corrected chi connectivity index (χ1v) is 3.98. The van der Waals surface area contributed by atoms with E-state index in [4.69, 9.17) is 16.6 Å². The molecule has 0 radical (unpaired) electrons. The summed E-state index contributed by atoms with van der Waals surface area (Å²) in [6.07, 6.45) is 1.37. The molecule has 2 aromatic heterocycles. The van der Waals surface area contributed by atoms with Crippen molar-refractivity contribution in [1.29, 1.82) is 0 Å². The molecule has 0 amide bonds. The maximum atomic E-state index is 5.07. The fourth-order valence-electron chi connectivity index (χ4n) is 0.736. The zero-order valence-electron chi connectivity index (χ0n) is 4.90. The molecule has 2 aromatic rings. The highest BCUT2D eigenvalue weighted by molar-refractivity contribution is 7.71. The van der Waals surface area contributed by atoms with E-state index in [-0.39, 0.29) is 0 Å². The fourth-order valence-corrected chi connectivity index (χ4v) is 1.74. The van der Waals surface area contributed by atoms with Gasteiger partial charge in [-0.3, -0.25) is 0 Å². The van der Waals surface area contributed by atoms with Crippen LogP contribution in [0.2, 0.25) is 0 Å². The van der Waals surface area contributed by atoms with E-state index in [9.17, 15) is 0 Å². The molecule has 0 aliphatic carbocycles. The molecule has 2 nitrogen and oxygen atoms in total. The standard InChI is InChI=1S/C6H3NOS2/c9-6-5-4(1-2-10-5)8-3-7-6/h1-3H. The molecule has 0 atom stereocenters. The molecule has 0 unspecified atom stereocenters. The van der Waals surface area contributed by atoms with Gasteiger partial charge in [-0.05, 0) is 11.4 Å². The minimum atomic E-state index is 0.622. The average molecular weight is 169 g/mol. The summed E-state index contributed by atoms with van der Waals surface area (Å²) >= 11 is 6.50. The number of aromatic nitrogens is 1. The van der Waals surface area contributed by atoms with Gasteiger partial charge in [-0.2, -0.15) is 0 Å². The van der Waals surface area contributed by atoms with Gasteiger partial charge >= 0.3 is 0 Å². The first-order chi connectivity index (χ1) is 4.88. The molecule has 4 heteroatoms. The summed E-state index contributed by atoms with van der Waals surface area (Å²) in [5.74, 6) is 0. The van der Waals surface area contributed by atoms with Crippen LogP contribution in [0.4, 0.5) is 0 Å². The third-order valence-corrected chi connectivity index (χ3v) is 2.51. The second-order valence-corrected chi connectivity index (χ2v) is 3.07. The van der Waals surface area contributed by atoms with E-state index in [2.05, 4.69) is 4.98 Å². The molecular formula is C6H3NOS2. The summed E-state index contributed by atoms with van der Waals surface area (Å²) < 4.78 is 6.64. The van der Waals surface area contributed by atoms with Crippen LogP contribution in [-0.2, 0) is 0 Å². The predicted octanol–water partition coefficient (Wildman–Crippen LogP) is 2.62. The normalized spacial score (nSPS) is 10.4. The molecule has 50 valence electrons. The van der Waals surface area contributed by atoms with E-state index in [1.54, 1.807) is 11.3 Å². The number of nitrogens with zero attached hydrogens (tertiary/aromatic N) is 1. The van der Waals surface area contributed by atoms with Gasteiger partial charge in [0.25, 0.3) is 0 Å². The van der Waals surface area contributed by atoms with Crippen LogP contribution in [0.25, 0.3) is 10.3 Å². The summed E-state index contributed by atoms with van der Waals surface area (Å²) in [6, 6.07) is 1.89. The third kappa shape index (κ3) is 0.767. The first-order valence-electron chi connectivity index (χ1n) is 2.69. The second kappa shape index (κ2) is 2.14. The molecular weight excluding hydrogens is 166 g/mol. The van der Waals surface area contributed by atoms with Gasteiger partial charge in [-0.25, -0.2) is 4.98 Å². The van der Waals surface area contributed by atoms with Crippen molar-refractivity contribution >= 4 is 33.8 Å². The van der Waals surface area contributed by atoms with Crippen LogP contribution in [0, 0.1) is 4.64 Å². The lowest BCUT2D eigenvalue weighted by Gasteiger charge is -1.83. The van der Waals surface area contributed by atoms with Crippen LogP contribution in [0.15, 0.2) is 22.3 Å². The Bertz CT molecular complexity index is 403. The Labute approximate surface area is 66.1 Å². The monoisotopic (exact) mass is 169 g/mol. The van der Waals surface area contributed by atoms with Crippen LogP contribution in [0.1, 0.15) is 0 Å². The Morgan fingerprint density at radius 1 is 1.60 bits per heavy atom. The summed E-state index contributed by atoms with van der Waals surface area (Å²) in [7, 11) is 0. The van der Waals surface area contributed by atoms with E-state index in [1.807, 2.05) is 11.4 Å². The Morgan fingerprint density at radius 2 is 2.50 bits per heavy atom.